The van der Waals surface area contributed by atoms with Crippen molar-refractivity contribution < 1.29 is 4.74 Å². The predicted octanol–water partition coefficient (Wildman–Crippen LogP) is 3.21. The molecule has 2 fully saturated rings. The number of likely N-dealkylation sites (tertiary alicyclic amines) is 1. The lowest BCUT2D eigenvalue weighted by Gasteiger charge is -2.23. The Morgan fingerprint density at radius 1 is 1.14 bits per heavy atom. The highest BCUT2D eigenvalue weighted by Crippen LogP contribution is 2.33. The lowest BCUT2D eigenvalue weighted by Crippen LogP contribution is -2.33. The zero-order chi connectivity index (χ0) is 13.2. The number of nitrogens with two attached hydrogens (primary N) is 1. The molecule has 5 heteroatoms. The van der Waals surface area contributed by atoms with Gasteiger partial charge in [0.15, 0.2) is 0 Å². The summed E-state index contributed by atoms with van der Waals surface area (Å²) in [6.07, 6.45) is 5.50. The Kier molecular flexibility index (Phi) is 7.28. The second-order valence-electron chi connectivity index (χ2n) is 5.94. The number of ether oxygens (including phenoxy) is 1. The number of hydrogen-bond donors (Lipinski definition) is 1. The van der Waals surface area contributed by atoms with E-state index in [0.717, 1.165) is 24.9 Å². The molecule has 3 rings (SSSR count). The molecule has 2 aliphatic rings. The molecule has 0 bridgehead atoms. The first-order valence-corrected chi connectivity index (χ1v) is 7.41. The van der Waals surface area contributed by atoms with E-state index in [0.29, 0.717) is 5.92 Å². The van der Waals surface area contributed by atoms with Crippen molar-refractivity contribution in [1.29, 1.82) is 0 Å². The highest BCUT2D eigenvalue weighted by Gasteiger charge is 2.35. The summed E-state index contributed by atoms with van der Waals surface area (Å²) >= 11 is 0. The van der Waals surface area contributed by atoms with Crippen LogP contribution in [0.1, 0.15) is 37.2 Å². The molecule has 0 unspecified atom stereocenters. The van der Waals surface area contributed by atoms with E-state index in [1.807, 2.05) is 6.07 Å². The molecule has 1 saturated heterocycles. The van der Waals surface area contributed by atoms with Crippen molar-refractivity contribution in [1.82, 2.24) is 4.90 Å². The van der Waals surface area contributed by atoms with Gasteiger partial charge >= 0.3 is 0 Å². The molecule has 1 aliphatic carbocycles. The highest BCUT2D eigenvalue weighted by molar-refractivity contribution is 5.85. The molecule has 0 radical (unpaired) electrons. The van der Waals surface area contributed by atoms with E-state index in [9.17, 15) is 0 Å². The van der Waals surface area contributed by atoms with Gasteiger partial charge in [-0.05, 0) is 30.5 Å². The molecule has 3 nitrogen and oxygen atoms in total. The largest absolute Gasteiger partial charge is 0.497 e. The zero-order valence-corrected chi connectivity index (χ0v) is 14.2. The van der Waals surface area contributed by atoms with Crippen LogP contribution in [0.15, 0.2) is 24.3 Å². The fourth-order valence-corrected chi connectivity index (χ4v) is 3.65. The van der Waals surface area contributed by atoms with Crippen LogP contribution in [0.5, 0.6) is 5.75 Å². The van der Waals surface area contributed by atoms with Crippen LogP contribution in [0.2, 0.25) is 0 Å². The normalized spacial score (nSPS) is 26.2. The standard InChI is InChI=1S/C16H24N2O.2ClH/c1-19-14-8-4-5-12(9-14)15-10-18(11-16(15)17)13-6-2-3-7-13;;/h4-5,8-9,13,15-16H,2-3,6-7,10-11,17H2,1H3;2*1H/t15-,16+;;/m1../s1. The molecule has 0 aromatic heterocycles. The molecular formula is C16H26Cl2N2O. The summed E-state index contributed by atoms with van der Waals surface area (Å²) in [6, 6.07) is 9.43. The van der Waals surface area contributed by atoms with E-state index in [2.05, 4.69) is 23.1 Å². The van der Waals surface area contributed by atoms with Gasteiger partial charge in [-0.25, -0.2) is 0 Å². The SMILES string of the molecule is COc1cccc([C@H]2CN(C3CCCC3)C[C@@H]2N)c1.Cl.Cl. The van der Waals surface area contributed by atoms with E-state index in [1.54, 1.807) is 7.11 Å². The van der Waals surface area contributed by atoms with Crippen molar-refractivity contribution in [2.75, 3.05) is 20.2 Å². The first-order valence-electron chi connectivity index (χ1n) is 7.41. The van der Waals surface area contributed by atoms with Gasteiger partial charge in [0.25, 0.3) is 0 Å². The van der Waals surface area contributed by atoms with Crippen LogP contribution in [0.3, 0.4) is 0 Å². The van der Waals surface area contributed by atoms with E-state index in [1.165, 1.54) is 31.2 Å². The van der Waals surface area contributed by atoms with Crippen LogP contribution in [0.4, 0.5) is 0 Å². The second kappa shape index (κ2) is 8.23. The minimum Gasteiger partial charge on any atom is -0.497 e. The summed E-state index contributed by atoms with van der Waals surface area (Å²) in [5.74, 6) is 1.39. The van der Waals surface area contributed by atoms with E-state index < -0.39 is 0 Å². The summed E-state index contributed by atoms with van der Waals surface area (Å²) in [6.45, 7) is 2.16. The fraction of sp³-hybridized carbons (Fsp3) is 0.625. The van der Waals surface area contributed by atoms with Gasteiger partial charge in [0.1, 0.15) is 5.75 Å². The van der Waals surface area contributed by atoms with Crippen LogP contribution >= 0.6 is 24.8 Å². The summed E-state index contributed by atoms with van der Waals surface area (Å²) in [5, 5.41) is 0. The number of methoxy groups -OCH3 is 1. The summed E-state index contributed by atoms with van der Waals surface area (Å²) in [5.41, 5.74) is 7.70. The van der Waals surface area contributed by atoms with Gasteiger partial charge in [0.2, 0.25) is 0 Å². The molecule has 1 aliphatic heterocycles. The maximum absolute atomic E-state index is 6.38. The first-order chi connectivity index (χ1) is 9.28. The summed E-state index contributed by atoms with van der Waals surface area (Å²) < 4.78 is 5.32. The molecule has 21 heavy (non-hydrogen) atoms. The highest BCUT2D eigenvalue weighted by atomic mass is 35.5. The average molecular weight is 333 g/mol. The minimum absolute atomic E-state index is 0. The molecule has 120 valence electrons. The smallest absolute Gasteiger partial charge is 0.119 e. The molecule has 2 atom stereocenters. The minimum atomic E-state index is 0. The molecule has 0 spiro atoms. The van der Waals surface area contributed by atoms with Gasteiger partial charge in [0.05, 0.1) is 7.11 Å². The quantitative estimate of drug-likeness (QED) is 0.923. The average Bonchev–Trinajstić information content (AvgIpc) is 3.07. The lowest BCUT2D eigenvalue weighted by molar-refractivity contribution is 0.241. The molecule has 1 aromatic carbocycles. The van der Waals surface area contributed by atoms with Crippen LogP contribution in [0.25, 0.3) is 0 Å². The lowest BCUT2D eigenvalue weighted by atomic mass is 9.95. The molecule has 1 saturated carbocycles. The van der Waals surface area contributed by atoms with Crippen LogP contribution in [-0.4, -0.2) is 37.2 Å². The third kappa shape index (κ3) is 4.04. The van der Waals surface area contributed by atoms with Gasteiger partial charge in [0, 0.05) is 31.1 Å². The monoisotopic (exact) mass is 332 g/mol. The van der Waals surface area contributed by atoms with Gasteiger partial charge < -0.3 is 10.5 Å². The number of nitrogens with zero attached hydrogens (tertiary/aromatic N) is 1. The summed E-state index contributed by atoms with van der Waals surface area (Å²) in [7, 11) is 1.72. The third-order valence-electron chi connectivity index (χ3n) is 4.76. The number of rotatable bonds is 3. The van der Waals surface area contributed by atoms with Crippen molar-refractivity contribution >= 4 is 24.8 Å². The number of benzene rings is 1. The van der Waals surface area contributed by atoms with Gasteiger partial charge in [-0.2, -0.15) is 0 Å². The Balaban J connectivity index is 0.00000110. The van der Waals surface area contributed by atoms with Crippen LogP contribution < -0.4 is 10.5 Å². The number of hydrogen-bond acceptors (Lipinski definition) is 3. The molecule has 0 amide bonds. The van der Waals surface area contributed by atoms with E-state index in [4.69, 9.17) is 10.5 Å². The van der Waals surface area contributed by atoms with E-state index in [-0.39, 0.29) is 30.9 Å². The third-order valence-corrected chi connectivity index (χ3v) is 4.76. The van der Waals surface area contributed by atoms with Crippen LogP contribution in [0, 0.1) is 0 Å². The van der Waals surface area contributed by atoms with Gasteiger partial charge in [-0.15, -0.1) is 24.8 Å². The van der Waals surface area contributed by atoms with Crippen molar-refractivity contribution in [2.45, 2.75) is 43.7 Å². The Morgan fingerprint density at radius 2 is 1.86 bits per heavy atom. The van der Waals surface area contributed by atoms with Crippen molar-refractivity contribution in [3.8, 4) is 5.75 Å². The van der Waals surface area contributed by atoms with E-state index >= 15 is 0 Å². The first kappa shape index (κ1) is 18.6. The van der Waals surface area contributed by atoms with Crippen molar-refractivity contribution in [3.63, 3.8) is 0 Å². The maximum atomic E-state index is 6.38. The molecule has 2 N–H and O–H groups in total. The topological polar surface area (TPSA) is 38.5 Å². The van der Waals surface area contributed by atoms with Crippen molar-refractivity contribution in [3.05, 3.63) is 29.8 Å². The Morgan fingerprint density at radius 3 is 2.52 bits per heavy atom. The number of halogens is 2. The molecule has 1 heterocycles. The van der Waals surface area contributed by atoms with Gasteiger partial charge in [-0.3, -0.25) is 4.90 Å². The zero-order valence-electron chi connectivity index (χ0n) is 12.5. The predicted molar refractivity (Wildman–Crippen MR) is 92.0 cm³/mol. The Bertz CT molecular complexity index is 438. The molecular weight excluding hydrogens is 307 g/mol. The molecule has 1 aromatic rings. The fourth-order valence-electron chi connectivity index (χ4n) is 3.65. The van der Waals surface area contributed by atoms with Crippen LogP contribution in [-0.2, 0) is 0 Å². The Hall–Kier alpha value is -0.480. The maximum Gasteiger partial charge on any atom is 0.119 e. The second-order valence-corrected chi connectivity index (χ2v) is 5.94. The summed E-state index contributed by atoms with van der Waals surface area (Å²) in [4.78, 5) is 2.61. The van der Waals surface area contributed by atoms with Crippen molar-refractivity contribution in [2.24, 2.45) is 5.73 Å². The van der Waals surface area contributed by atoms with Gasteiger partial charge in [-0.1, -0.05) is 25.0 Å². The Labute approximate surface area is 140 Å².